The van der Waals surface area contributed by atoms with Gasteiger partial charge in [-0.2, -0.15) is 0 Å². The molecular formula is C33H40ClN5O6. The molecule has 0 unspecified atom stereocenters. The Hall–Kier alpha value is -4.38. The Morgan fingerprint density at radius 3 is 2.31 bits per heavy atom. The van der Waals surface area contributed by atoms with Gasteiger partial charge < -0.3 is 30.5 Å². The molecule has 4 amide bonds. The van der Waals surface area contributed by atoms with E-state index in [9.17, 15) is 24.0 Å². The van der Waals surface area contributed by atoms with Gasteiger partial charge in [-0.3, -0.25) is 19.2 Å². The summed E-state index contributed by atoms with van der Waals surface area (Å²) in [4.78, 5) is 69.4. The molecule has 2 aliphatic heterocycles. The largest absolute Gasteiger partial charge is 0.444 e. The summed E-state index contributed by atoms with van der Waals surface area (Å²) in [6, 6.07) is 11.5. The fourth-order valence-corrected chi connectivity index (χ4v) is 5.22. The highest BCUT2D eigenvalue weighted by atomic mass is 35.5. The van der Waals surface area contributed by atoms with Crippen LogP contribution in [0.1, 0.15) is 52.9 Å². The molecule has 2 aromatic rings. The Kier molecular flexibility index (Phi) is 11.2. The van der Waals surface area contributed by atoms with Crippen LogP contribution in [0.5, 0.6) is 0 Å². The zero-order chi connectivity index (χ0) is 32.6. The molecular weight excluding hydrogens is 598 g/mol. The highest BCUT2D eigenvalue weighted by Crippen LogP contribution is 2.25. The van der Waals surface area contributed by atoms with Crippen molar-refractivity contribution in [3.8, 4) is 0 Å². The van der Waals surface area contributed by atoms with Crippen LogP contribution in [-0.4, -0.2) is 71.8 Å². The van der Waals surface area contributed by atoms with E-state index in [2.05, 4.69) is 16.0 Å². The van der Waals surface area contributed by atoms with Gasteiger partial charge in [-0.1, -0.05) is 35.9 Å². The Balaban J connectivity index is 1.59. The van der Waals surface area contributed by atoms with E-state index in [0.717, 1.165) is 6.42 Å². The zero-order valence-corrected chi connectivity index (χ0v) is 26.6. The van der Waals surface area contributed by atoms with Gasteiger partial charge in [-0.05, 0) is 82.9 Å². The van der Waals surface area contributed by atoms with Gasteiger partial charge in [0.25, 0.3) is 5.91 Å². The average Bonchev–Trinajstić information content (AvgIpc) is 2.99. The topological polar surface area (TPSA) is 137 Å². The number of fused-ring (bicyclic) bond motifs is 1. The van der Waals surface area contributed by atoms with Crippen LogP contribution >= 0.6 is 11.6 Å². The molecule has 4 rings (SSSR count). The van der Waals surface area contributed by atoms with Crippen LogP contribution in [0.25, 0.3) is 0 Å². The first-order valence-electron chi connectivity index (χ1n) is 15.1. The predicted octanol–water partition coefficient (Wildman–Crippen LogP) is 4.92. The molecule has 2 atom stereocenters. The number of piperazine rings is 1. The van der Waals surface area contributed by atoms with Crippen molar-refractivity contribution in [1.82, 2.24) is 10.2 Å². The number of allylic oxidation sites excluding steroid dienone is 1. The van der Waals surface area contributed by atoms with Crippen molar-refractivity contribution in [2.45, 2.75) is 70.6 Å². The van der Waals surface area contributed by atoms with Gasteiger partial charge in [0, 0.05) is 30.2 Å². The summed E-state index contributed by atoms with van der Waals surface area (Å²) in [7, 11) is 0. The number of rotatable bonds is 3. The number of anilines is 3. The van der Waals surface area contributed by atoms with Crippen LogP contribution in [0, 0.1) is 0 Å². The van der Waals surface area contributed by atoms with Crippen LogP contribution in [-0.2, 0) is 23.9 Å². The lowest BCUT2D eigenvalue weighted by atomic mass is 10.0. The maximum absolute atomic E-state index is 14.0. The van der Waals surface area contributed by atoms with E-state index in [1.807, 2.05) is 11.0 Å². The number of hydrogen-bond donors (Lipinski definition) is 3. The summed E-state index contributed by atoms with van der Waals surface area (Å²) in [5.41, 5.74) is 0.641. The SMILES string of the molecule is CC(C)(C)OC(=O)N1CCN(c2ccc(Cl)cc2)[C@@H](C(=O)N[C@@H]2CC=CCCCCC(=O)Nc3ccccc3NC(=O)C2=O)C1. The maximum atomic E-state index is 14.0. The molecule has 1 saturated heterocycles. The minimum atomic E-state index is -1.18. The lowest BCUT2D eigenvalue weighted by Gasteiger charge is -2.42. The number of nitrogens with zero attached hydrogens (tertiary/aromatic N) is 2. The van der Waals surface area contributed by atoms with E-state index in [1.165, 1.54) is 4.90 Å². The number of Topliss-reactive ketones (excluding diaryl/α,β-unsaturated/α-hetero) is 1. The van der Waals surface area contributed by atoms with Crippen molar-refractivity contribution in [2.24, 2.45) is 0 Å². The number of hydrogen-bond acceptors (Lipinski definition) is 7. The number of amides is 4. The van der Waals surface area contributed by atoms with Gasteiger partial charge in [-0.25, -0.2) is 4.79 Å². The van der Waals surface area contributed by atoms with E-state index in [1.54, 1.807) is 75.4 Å². The Labute approximate surface area is 268 Å². The first kappa shape index (κ1) is 33.5. The second-order valence-corrected chi connectivity index (χ2v) is 12.5. The van der Waals surface area contributed by atoms with Crippen LogP contribution in [0.4, 0.5) is 21.9 Å². The van der Waals surface area contributed by atoms with Crippen molar-refractivity contribution < 1.29 is 28.7 Å². The quantitative estimate of drug-likeness (QED) is 0.321. The summed E-state index contributed by atoms with van der Waals surface area (Å²) in [5.74, 6) is -2.49. The minimum Gasteiger partial charge on any atom is -0.444 e. The monoisotopic (exact) mass is 637 g/mol. The summed E-state index contributed by atoms with van der Waals surface area (Å²) in [6.07, 6.45) is 5.58. The summed E-state index contributed by atoms with van der Waals surface area (Å²) in [5, 5.41) is 8.72. The van der Waals surface area contributed by atoms with Gasteiger partial charge in [0.05, 0.1) is 17.9 Å². The second kappa shape index (κ2) is 15.1. The van der Waals surface area contributed by atoms with Crippen molar-refractivity contribution in [1.29, 1.82) is 0 Å². The van der Waals surface area contributed by atoms with E-state index in [0.29, 0.717) is 48.7 Å². The third-order valence-electron chi connectivity index (χ3n) is 7.36. The third-order valence-corrected chi connectivity index (χ3v) is 7.61. The number of halogens is 1. The highest BCUT2D eigenvalue weighted by Gasteiger charge is 2.38. The second-order valence-electron chi connectivity index (χ2n) is 12.0. The summed E-state index contributed by atoms with van der Waals surface area (Å²) in [6.45, 7) is 5.94. The van der Waals surface area contributed by atoms with E-state index < -0.39 is 41.4 Å². The molecule has 45 heavy (non-hydrogen) atoms. The molecule has 0 saturated carbocycles. The number of nitrogens with one attached hydrogen (secondary N) is 3. The number of benzene rings is 2. The van der Waals surface area contributed by atoms with Gasteiger partial charge in [0.2, 0.25) is 17.6 Å². The van der Waals surface area contributed by atoms with Gasteiger partial charge in [0.15, 0.2) is 0 Å². The molecule has 11 nitrogen and oxygen atoms in total. The molecule has 1 fully saturated rings. The standard InChI is InChI=1S/C33H40ClN5O6/c1-33(2,3)45-32(44)38-19-20-39(23-17-15-22(34)16-18-23)27(21-38)30(42)37-26-13-7-5-4-6-8-14-28(40)35-24-11-9-10-12-25(24)36-31(43)29(26)41/h5,7,9-12,15-18,26-27H,4,6,8,13-14,19-21H2,1-3H3,(H,35,40)(H,36,43)(H,37,42)/t26-,27-/m1/s1. The molecule has 2 aliphatic rings. The van der Waals surface area contributed by atoms with Gasteiger partial charge in [0.1, 0.15) is 17.7 Å². The first-order chi connectivity index (χ1) is 21.4. The molecule has 240 valence electrons. The fraction of sp³-hybridized carbons (Fsp3) is 0.424. The number of para-hydroxylation sites is 2. The Morgan fingerprint density at radius 2 is 1.62 bits per heavy atom. The predicted molar refractivity (Wildman–Crippen MR) is 173 cm³/mol. The van der Waals surface area contributed by atoms with E-state index in [4.69, 9.17) is 16.3 Å². The van der Waals surface area contributed by atoms with E-state index in [-0.39, 0.29) is 24.6 Å². The third kappa shape index (κ3) is 9.55. The van der Waals surface area contributed by atoms with Gasteiger partial charge in [-0.15, -0.1) is 0 Å². The van der Waals surface area contributed by atoms with Crippen molar-refractivity contribution in [3.63, 3.8) is 0 Å². The fourth-order valence-electron chi connectivity index (χ4n) is 5.09. The molecule has 0 aliphatic carbocycles. The summed E-state index contributed by atoms with van der Waals surface area (Å²) >= 11 is 6.11. The zero-order valence-electron chi connectivity index (χ0n) is 25.8. The van der Waals surface area contributed by atoms with E-state index >= 15 is 0 Å². The number of carbonyl (C=O) groups excluding carboxylic acids is 5. The molecule has 0 spiro atoms. The highest BCUT2D eigenvalue weighted by molar-refractivity contribution is 6.43. The Bertz CT molecular complexity index is 1440. The molecule has 12 heteroatoms. The van der Waals surface area contributed by atoms with Crippen LogP contribution < -0.4 is 20.9 Å². The first-order valence-corrected chi connectivity index (χ1v) is 15.5. The number of ketones is 1. The lowest BCUT2D eigenvalue weighted by molar-refractivity contribution is -0.137. The normalized spacial score (nSPS) is 20.2. The van der Waals surface area contributed by atoms with Crippen LogP contribution in [0.2, 0.25) is 5.02 Å². The maximum Gasteiger partial charge on any atom is 0.410 e. The summed E-state index contributed by atoms with van der Waals surface area (Å²) < 4.78 is 5.56. The number of carbonyl (C=O) groups is 5. The van der Waals surface area contributed by atoms with Crippen LogP contribution in [0.15, 0.2) is 60.7 Å². The molecule has 2 heterocycles. The molecule has 0 bridgehead atoms. The molecule has 0 radical (unpaired) electrons. The van der Waals surface area contributed by atoms with Crippen molar-refractivity contribution in [3.05, 3.63) is 65.7 Å². The Morgan fingerprint density at radius 1 is 0.933 bits per heavy atom. The van der Waals surface area contributed by atoms with Gasteiger partial charge >= 0.3 is 6.09 Å². The van der Waals surface area contributed by atoms with Crippen molar-refractivity contribution >= 4 is 58.3 Å². The smallest absolute Gasteiger partial charge is 0.410 e. The molecule has 2 aromatic carbocycles. The van der Waals surface area contributed by atoms with Crippen molar-refractivity contribution in [2.75, 3.05) is 35.2 Å². The average molecular weight is 638 g/mol. The number of ether oxygens (including phenoxy) is 1. The minimum absolute atomic E-state index is 0.000603. The van der Waals surface area contributed by atoms with Crippen LogP contribution in [0.3, 0.4) is 0 Å². The molecule has 0 aromatic heterocycles. The lowest BCUT2D eigenvalue weighted by Crippen LogP contribution is -2.62. The molecule has 3 N–H and O–H groups in total.